The molecule has 7 heteroatoms. The van der Waals surface area contributed by atoms with E-state index in [0.29, 0.717) is 12.5 Å². The lowest BCUT2D eigenvalue weighted by atomic mass is 10.1. The van der Waals surface area contributed by atoms with E-state index in [9.17, 15) is 4.79 Å². The fraction of sp³-hybridized carbons (Fsp3) is 0.133. The van der Waals surface area contributed by atoms with Gasteiger partial charge in [-0.15, -0.1) is 0 Å². The first-order valence-corrected chi connectivity index (χ1v) is 12.2. The first-order chi connectivity index (χ1) is 18.1. The number of aromatic nitrogens is 5. The molecule has 3 aromatic heterocycles. The zero-order valence-electron chi connectivity index (χ0n) is 20.8. The molecule has 0 saturated carbocycles. The van der Waals surface area contributed by atoms with Crippen LogP contribution in [0.15, 0.2) is 104 Å². The Labute approximate surface area is 216 Å². The van der Waals surface area contributed by atoms with E-state index in [1.54, 1.807) is 18.5 Å². The molecule has 3 heterocycles. The van der Waals surface area contributed by atoms with Crippen LogP contribution in [0.25, 0.3) is 23.0 Å². The van der Waals surface area contributed by atoms with Crippen LogP contribution in [0.3, 0.4) is 0 Å². The van der Waals surface area contributed by atoms with Gasteiger partial charge in [-0.25, -0.2) is 9.67 Å². The van der Waals surface area contributed by atoms with Gasteiger partial charge >= 0.3 is 0 Å². The topological polar surface area (TPSA) is 77.6 Å². The third-order valence-corrected chi connectivity index (χ3v) is 5.92. The Morgan fingerprint density at radius 3 is 2.68 bits per heavy atom. The van der Waals surface area contributed by atoms with E-state index in [0.717, 1.165) is 39.6 Å². The number of carbonyl (C=O) groups is 1. The molecule has 37 heavy (non-hydrogen) atoms. The largest absolute Gasteiger partial charge is 0.330 e. The maximum atomic E-state index is 12.8. The van der Waals surface area contributed by atoms with Crippen LogP contribution in [0.4, 0.5) is 5.69 Å². The number of amides is 1. The number of carbonyl (C=O) groups excluding carboxylic acids is 1. The number of imidazole rings is 1. The minimum Gasteiger partial charge on any atom is -0.330 e. The highest BCUT2D eigenvalue weighted by molar-refractivity contribution is 6.02. The summed E-state index contributed by atoms with van der Waals surface area (Å²) in [7, 11) is 0. The van der Waals surface area contributed by atoms with Crippen LogP contribution in [0.2, 0.25) is 0 Å². The van der Waals surface area contributed by atoms with E-state index in [1.807, 2.05) is 90.0 Å². The molecule has 0 unspecified atom stereocenters. The Bertz CT molecular complexity index is 1520. The Morgan fingerprint density at radius 1 is 1.03 bits per heavy atom. The number of hydrogen-bond acceptors (Lipinski definition) is 4. The highest BCUT2D eigenvalue weighted by Gasteiger charge is 2.12. The molecular formula is C30H28N6O. The van der Waals surface area contributed by atoms with Crippen LogP contribution >= 0.6 is 0 Å². The van der Waals surface area contributed by atoms with Gasteiger partial charge in [0, 0.05) is 66.3 Å². The van der Waals surface area contributed by atoms with Crippen LogP contribution in [-0.4, -0.2) is 30.2 Å². The van der Waals surface area contributed by atoms with Crippen molar-refractivity contribution in [3.8, 4) is 16.9 Å². The first kappa shape index (κ1) is 23.9. The van der Waals surface area contributed by atoms with E-state index in [-0.39, 0.29) is 5.91 Å². The van der Waals surface area contributed by atoms with Crippen LogP contribution in [0, 0.1) is 0 Å². The fourth-order valence-electron chi connectivity index (χ4n) is 4.20. The summed E-state index contributed by atoms with van der Waals surface area (Å²) in [6.07, 6.45) is 12.5. The van der Waals surface area contributed by atoms with Crippen molar-refractivity contribution >= 4 is 17.7 Å². The van der Waals surface area contributed by atoms with Crippen LogP contribution in [0.5, 0.6) is 0 Å². The molecule has 1 N–H and O–H groups in total. The summed E-state index contributed by atoms with van der Waals surface area (Å²) >= 11 is 0. The van der Waals surface area contributed by atoms with Crippen LogP contribution in [-0.2, 0) is 11.3 Å². The first-order valence-electron chi connectivity index (χ1n) is 12.2. The normalized spacial score (nSPS) is 11.3. The van der Waals surface area contributed by atoms with Crippen molar-refractivity contribution in [1.29, 1.82) is 0 Å². The van der Waals surface area contributed by atoms with Gasteiger partial charge < -0.3 is 9.88 Å². The van der Waals surface area contributed by atoms with Crippen molar-refractivity contribution in [2.75, 3.05) is 5.32 Å². The fourth-order valence-corrected chi connectivity index (χ4v) is 4.20. The van der Waals surface area contributed by atoms with Crippen molar-refractivity contribution < 1.29 is 4.79 Å². The predicted molar refractivity (Wildman–Crippen MR) is 146 cm³/mol. The Kier molecular flexibility index (Phi) is 7.03. The summed E-state index contributed by atoms with van der Waals surface area (Å²) in [5.41, 5.74) is 5.22. The van der Waals surface area contributed by atoms with Gasteiger partial charge in [0.2, 0.25) is 5.91 Å². The molecule has 0 saturated heterocycles. The Balaban J connectivity index is 1.34. The molecule has 0 radical (unpaired) electrons. The number of rotatable bonds is 8. The van der Waals surface area contributed by atoms with E-state index in [4.69, 9.17) is 5.10 Å². The molecule has 7 nitrogen and oxygen atoms in total. The number of anilines is 1. The quantitative estimate of drug-likeness (QED) is 0.274. The molecule has 0 fully saturated rings. The third-order valence-electron chi connectivity index (χ3n) is 5.92. The lowest BCUT2D eigenvalue weighted by Crippen LogP contribution is -2.09. The van der Waals surface area contributed by atoms with Crippen molar-refractivity contribution in [3.05, 3.63) is 121 Å². The summed E-state index contributed by atoms with van der Waals surface area (Å²) in [5.74, 6) is 1.16. The summed E-state index contributed by atoms with van der Waals surface area (Å²) in [6.45, 7) is 4.95. The summed E-state index contributed by atoms with van der Waals surface area (Å²) in [4.78, 5) is 21.5. The molecule has 0 aliphatic carbocycles. The second-order valence-electron chi connectivity index (χ2n) is 9.05. The molecular weight excluding hydrogens is 460 g/mol. The van der Waals surface area contributed by atoms with Crippen molar-refractivity contribution in [1.82, 2.24) is 24.3 Å². The predicted octanol–water partition coefficient (Wildman–Crippen LogP) is 5.95. The molecule has 184 valence electrons. The summed E-state index contributed by atoms with van der Waals surface area (Å²) < 4.78 is 3.95. The second kappa shape index (κ2) is 10.9. The lowest BCUT2D eigenvalue weighted by molar-refractivity contribution is -0.111. The number of benzene rings is 2. The SMILES string of the molecule is CC(C)c1nccn1Cc1cccc(NC(=O)C=Cc2cn(-c3ccccc3)nc2-c2cccnc2)c1. The highest BCUT2D eigenvalue weighted by atomic mass is 16.1. The second-order valence-corrected chi connectivity index (χ2v) is 9.05. The van der Waals surface area contributed by atoms with E-state index >= 15 is 0 Å². The van der Waals surface area contributed by atoms with Gasteiger partial charge in [-0.3, -0.25) is 9.78 Å². The smallest absolute Gasteiger partial charge is 0.248 e. The zero-order chi connectivity index (χ0) is 25.6. The molecule has 0 atom stereocenters. The van der Waals surface area contributed by atoms with E-state index in [1.165, 1.54) is 6.08 Å². The summed E-state index contributed by atoms with van der Waals surface area (Å²) in [6, 6.07) is 21.6. The number of nitrogens with one attached hydrogen (secondary N) is 1. The monoisotopic (exact) mass is 488 g/mol. The summed E-state index contributed by atoms with van der Waals surface area (Å²) in [5, 5.41) is 7.74. The van der Waals surface area contributed by atoms with E-state index in [2.05, 4.69) is 33.7 Å². The third kappa shape index (κ3) is 5.73. The van der Waals surface area contributed by atoms with Gasteiger partial charge in [-0.05, 0) is 48.0 Å². The number of para-hydroxylation sites is 1. The van der Waals surface area contributed by atoms with Gasteiger partial charge in [0.15, 0.2) is 0 Å². The minimum absolute atomic E-state index is 0.216. The van der Waals surface area contributed by atoms with Crippen LogP contribution in [0.1, 0.15) is 36.7 Å². The molecule has 5 rings (SSSR count). The molecule has 0 bridgehead atoms. The number of hydrogen-bond donors (Lipinski definition) is 1. The average Bonchev–Trinajstić information content (AvgIpc) is 3.56. The molecule has 1 amide bonds. The van der Waals surface area contributed by atoms with Crippen LogP contribution < -0.4 is 5.32 Å². The van der Waals surface area contributed by atoms with Gasteiger partial charge in [0.05, 0.1) is 5.69 Å². The standard InChI is InChI=1S/C30H28N6O/c1-22(2)30-32-16-17-35(30)20-23-8-6-10-26(18-23)33-28(37)14-13-25-21-36(27-11-4-3-5-12-27)34-29(25)24-9-7-15-31-19-24/h3-19,21-22H,20H2,1-2H3,(H,33,37). The van der Waals surface area contributed by atoms with Gasteiger partial charge in [-0.2, -0.15) is 5.10 Å². The molecule has 0 aliphatic rings. The van der Waals surface area contributed by atoms with Gasteiger partial charge in [0.1, 0.15) is 11.5 Å². The van der Waals surface area contributed by atoms with Crippen molar-refractivity contribution in [2.45, 2.75) is 26.3 Å². The Hall–Kier alpha value is -4.78. The van der Waals surface area contributed by atoms with Gasteiger partial charge in [-0.1, -0.05) is 44.2 Å². The zero-order valence-corrected chi connectivity index (χ0v) is 20.8. The molecule has 0 spiro atoms. The lowest BCUT2D eigenvalue weighted by Gasteiger charge is -2.11. The van der Waals surface area contributed by atoms with Crippen molar-refractivity contribution in [3.63, 3.8) is 0 Å². The van der Waals surface area contributed by atoms with Crippen molar-refractivity contribution in [2.24, 2.45) is 0 Å². The van der Waals surface area contributed by atoms with Gasteiger partial charge in [0.25, 0.3) is 0 Å². The maximum absolute atomic E-state index is 12.8. The molecule has 2 aromatic carbocycles. The number of pyridine rings is 1. The number of nitrogens with zero attached hydrogens (tertiary/aromatic N) is 5. The average molecular weight is 489 g/mol. The molecule has 5 aromatic rings. The van der Waals surface area contributed by atoms with E-state index < -0.39 is 0 Å². The molecule has 0 aliphatic heterocycles. The Morgan fingerprint density at radius 2 is 1.89 bits per heavy atom. The minimum atomic E-state index is -0.216. The maximum Gasteiger partial charge on any atom is 0.248 e. The highest BCUT2D eigenvalue weighted by Crippen LogP contribution is 2.24.